The van der Waals surface area contributed by atoms with Gasteiger partial charge in [-0.15, -0.1) is 0 Å². The van der Waals surface area contributed by atoms with Crippen molar-refractivity contribution >= 4 is 39.1 Å². The summed E-state index contributed by atoms with van der Waals surface area (Å²) in [5.74, 6) is -5.26. The number of hydrogen-bond acceptors (Lipinski definition) is 10. The Morgan fingerprint density at radius 1 is 0.936 bits per heavy atom. The zero-order chi connectivity index (χ0) is 35.1. The molecule has 0 spiro atoms. The van der Waals surface area contributed by atoms with Crippen LogP contribution in [0.3, 0.4) is 0 Å². The molecule has 13 nitrogen and oxygen atoms in total. The molecule has 0 bridgehead atoms. The number of amides is 2. The van der Waals surface area contributed by atoms with Crippen LogP contribution in [0.5, 0.6) is 17.2 Å². The Kier molecular flexibility index (Phi) is 11.4. The Morgan fingerprint density at radius 2 is 1.62 bits per heavy atom. The minimum absolute atomic E-state index is 0.0608. The Balaban J connectivity index is 2.04. The van der Waals surface area contributed by atoms with E-state index in [4.69, 9.17) is 20.6 Å². The number of rotatable bonds is 12. The second kappa shape index (κ2) is 14.8. The average Bonchev–Trinajstić information content (AvgIpc) is 2.98. The molecule has 1 unspecified atom stereocenters. The van der Waals surface area contributed by atoms with Crippen molar-refractivity contribution in [2.45, 2.75) is 44.0 Å². The zero-order valence-corrected chi connectivity index (χ0v) is 26.3. The molecule has 252 valence electrons. The number of hydrazine groups is 1. The highest BCUT2D eigenvalue weighted by molar-refractivity contribution is 7.90. The molecule has 47 heavy (non-hydrogen) atoms. The van der Waals surface area contributed by atoms with Gasteiger partial charge in [-0.05, 0) is 62.7 Å². The van der Waals surface area contributed by atoms with Crippen LogP contribution >= 0.6 is 0 Å². The first kappa shape index (κ1) is 36.2. The van der Waals surface area contributed by atoms with Gasteiger partial charge in [0.25, 0.3) is 11.8 Å². The van der Waals surface area contributed by atoms with Gasteiger partial charge >= 0.3 is 12.1 Å². The van der Waals surface area contributed by atoms with E-state index in [9.17, 15) is 36.0 Å². The summed E-state index contributed by atoms with van der Waals surface area (Å²) in [6.45, 7) is 5.52. The second-order valence-electron chi connectivity index (χ2n) is 10.1. The predicted molar refractivity (Wildman–Crippen MR) is 164 cm³/mol. The Morgan fingerprint density at radius 3 is 2.21 bits per heavy atom. The van der Waals surface area contributed by atoms with Gasteiger partial charge in [0, 0.05) is 18.0 Å². The number of benzene rings is 3. The lowest BCUT2D eigenvalue weighted by molar-refractivity contribution is -0.189. The predicted octanol–water partition coefficient (Wildman–Crippen LogP) is 3.64. The number of hydrogen-bond donors (Lipinski definition) is 5. The van der Waals surface area contributed by atoms with Crippen molar-refractivity contribution in [1.82, 2.24) is 10.9 Å². The number of carbonyl (C=O) groups excluding carboxylic acids is 3. The minimum Gasteiger partial charge on any atom is -0.490 e. The fourth-order valence-electron chi connectivity index (χ4n) is 4.10. The lowest BCUT2D eigenvalue weighted by atomic mass is 10.0. The van der Waals surface area contributed by atoms with Gasteiger partial charge in [-0.3, -0.25) is 25.8 Å². The van der Waals surface area contributed by atoms with Crippen molar-refractivity contribution in [3.8, 4) is 17.2 Å². The highest BCUT2D eigenvalue weighted by atomic mass is 32.2. The van der Waals surface area contributed by atoms with Crippen LogP contribution in [0, 0.1) is 5.41 Å². The molecule has 1 atom stereocenters. The van der Waals surface area contributed by atoms with Gasteiger partial charge in [-0.1, -0.05) is 18.2 Å². The smallest absolute Gasteiger partial charge is 0.490 e. The molecule has 3 aromatic rings. The maximum Gasteiger partial charge on any atom is 0.491 e. The molecule has 0 saturated carbocycles. The number of carbonyl (C=O) groups is 3. The summed E-state index contributed by atoms with van der Waals surface area (Å²) in [7, 11) is -3.81. The number of amidine groups is 1. The molecule has 0 aliphatic rings. The number of alkyl halides is 3. The third kappa shape index (κ3) is 9.59. The Labute approximate surface area is 268 Å². The van der Waals surface area contributed by atoms with E-state index in [0.29, 0.717) is 5.75 Å². The van der Waals surface area contributed by atoms with Crippen LogP contribution in [0.15, 0.2) is 65.6 Å². The molecule has 0 saturated heterocycles. The van der Waals surface area contributed by atoms with Gasteiger partial charge < -0.3 is 25.3 Å². The number of nitrogen functional groups attached to an aromatic ring is 1. The van der Waals surface area contributed by atoms with Gasteiger partial charge in [0.2, 0.25) is 0 Å². The van der Waals surface area contributed by atoms with Crippen LogP contribution in [0.25, 0.3) is 0 Å². The molecule has 0 radical (unpaired) electrons. The van der Waals surface area contributed by atoms with Crippen LogP contribution in [0.1, 0.15) is 48.3 Å². The third-order valence-electron chi connectivity index (χ3n) is 6.07. The molecule has 0 aliphatic carbocycles. The number of sulfone groups is 1. The quantitative estimate of drug-likeness (QED) is 0.0619. The van der Waals surface area contributed by atoms with Gasteiger partial charge in [0.05, 0.1) is 28.7 Å². The summed E-state index contributed by atoms with van der Waals surface area (Å²) in [6, 6.07) is 11.7. The van der Waals surface area contributed by atoms with E-state index in [1.165, 1.54) is 48.5 Å². The summed E-state index contributed by atoms with van der Waals surface area (Å²) < 4.78 is 79.2. The molecule has 0 aliphatic heterocycles. The van der Waals surface area contributed by atoms with Crippen molar-refractivity contribution in [2.24, 2.45) is 5.73 Å². The molecule has 0 heterocycles. The first-order valence-corrected chi connectivity index (χ1v) is 15.7. The van der Waals surface area contributed by atoms with Crippen LogP contribution in [-0.2, 0) is 19.4 Å². The molecular formula is C30H32F3N5O8S. The van der Waals surface area contributed by atoms with Gasteiger partial charge in [-0.2, -0.15) is 13.2 Å². The van der Waals surface area contributed by atoms with Crippen molar-refractivity contribution in [2.75, 3.05) is 18.2 Å². The number of nitrogens with one attached hydrogen (secondary N) is 4. The Bertz CT molecular complexity index is 1780. The van der Waals surface area contributed by atoms with Crippen molar-refractivity contribution in [3.05, 3.63) is 77.4 Å². The van der Waals surface area contributed by atoms with E-state index in [1.54, 1.807) is 20.8 Å². The van der Waals surface area contributed by atoms with E-state index in [-0.39, 0.29) is 45.7 Å². The molecule has 6 N–H and O–H groups in total. The number of ether oxygens (including phenoxy) is 3. The van der Waals surface area contributed by atoms with Crippen LogP contribution < -0.4 is 36.1 Å². The van der Waals surface area contributed by atoms with Crippen molar-refractivity contribution in [3.63, 3.8) is 0 Å². The standard InChI is InChI=1S/C30H32F3N5O8S/c1-5-44-23-14-17(10-13-21(23)45-16(2)3)25(28(40)38-37-27(39)20-8-6-7-9-24(20)47(4,42)43)36-18-11-12-19(26(34)35)22(15-18)46-29(41)30(31,32)33/h6-16,25,36H,5H2,1-4H3,(H3,34,35)(H,37,39)(H,38,40). The molecule has 0 fully saturated rings. The largest absolute Gasteiger partial charge is 0.491 e. The summed E-state index contributed by atoms with van der Waals surface area (Å²) >= 11 is 0. The fraction of sp³-hybridized carbons (Fsp3) is 0.267. The van der Waals surface area contributed by atoms with Crippen LogP contribution in [-0.4, -0.2) is 57.2 Å². The third-order valence-corrected chi connectivity index (χ3v) is 7.23. The first-order valence-electron chi connectivity index (χ1n) is 13.8. The molecule has 0 aromatic heterocycles. The normalized spacial score (nSPS) is 12.1. The van der Waals surface area contributed by atoms with Gasteiger partial charge in [0.15, 0.2) is 21.3 Å². The molecular weight excluding hydrogens is 647 g/mol. The first-order chi connectivity index (χ1) is 21.9. The van der Waals surface area contributed by atoms with Gasteiger partial charge in [0.1, 0.15) is 17.6 Å². The molecule has 17 heteroatoms. The second-order valence-corrected chi connectivity index (χ2v) is 12.1. The highest BCUT2D eigenvalue weighted by Crippen LogP contribution is 2.34. The molecule has 3 aromatic carbocycles. The van der Waals surface area contributed by atoms with Crippen molar-refractivity contribution < 1.29 is 50.2 Å². The average molecular weight is 680 g/mol. The van der Waals surface area contributed by atoms with E-state index < -0.39 is 51.4 Å². The Hall–Kier alpha value is -5.32. The lowest BCUT2D eigenvalue weighted by Gasteiger charge is -2.23. The number of halogens is 3. The number of nitrogens with two attached hydrogens (primary N) is 1. The SMILES string of the molecule is CCOc1cc(C(Nc2ccc(C(=N)N)c(OC(=O)C(F)(F)F)c2)C(=O)NNC(=O)c2ccccc2S(C)(=O)=O)ccc1OC(C)C. The topological polar surface area (TPSA) is 199 Å². The maximum absolute atomic E-state index is 13.6. The molecule has 2 amide bonds. The summed E-state index contributed by atoms with van der Waals surface area (Å²) in [4.78, 5) is 37.8. The number of esters is 1. The van der Waals surface area contributed by atoms with Gasteiger partial charge in [-0.25, -0.2) is 13.2 Å². The highest BCUT2D eigenvalue weighted by Gasteiger charge is 2.42. The van der Waals surface area contributed by atoms with E-state index in [0.717, 1.165) is 18.4 Å². The van der Waals surface area contributed by atoms with Crippen LogP contribution in [0.4, 0.5) is 18.9 Å². The lowest BCUT2D eigenvalue weighted by Crippen LogP contribution is -2.45. The monoisotopic (exact) mass is 679 g/mol. The summed E-state index contributed by atoms with van der Waals surface area (Å²) in [5, 5.41) is 10.5. The fourth-order valence-corrected chi connectivity index (χ4v) is 4.99. The summed E-state index contributed by atoms with van der Waals surface area (Å²) in [6.07, 6.45) is -4.68. The minimum atomic E-state index is -5.36. The van der Waals surface area contributed by atoms with Crippen LogP contribution in [0.2, 0.25) is 0 Å². The van der Waals surface area contributed by atoms with E-state index >= 15 is 0 Å². The van der Waals surface area contributed by atoms with E-state index in [1.807, 2.05) is 0 Å². The van der Waals surface area contributed by atoms with Crippen molar-refractivity contribution in [1.29, 1.82) is 5.41 Å². The zero-order valence-electron chi connectivity index (χ0n) is 25.5. The number of anilines is 1. The molecule has 3 rings (SSSR count). The van der Waals surface area contributed by atoms with E-state index in [2.05, 4.69) is 20.9 Å². The maximum atomic E-state index is 13.6. The summed E-state index contributed by atoms with van der Waals surface area (Å²) in [5.41, 5.74) is 9.42.